The molecule has 2 heterocycles. The van der Waals surface area contributed by atoms with Gasteiger partial charge in [0, 0.05) is 10.4 Å². The number of anilines is 1. The first-order chi connectivity index (χ1) is 15.1. The molecule has 5 heteroatoms. The van der Waals surface area contributed by atoms with E-state index in [-0.39, 0.29) is 5.91 Å². The number of carbonyl (C=O) groups excluding carboxylic acids is 1. The summed E-state index contributed by atoms with van der Waals surface area (Å²) in [6.07, 6.45) is 4.75. The van der Waals surface area contributed by atoms with Gasteiger partial charge in [0.05, 0.1) is 16.6 Å². The van der Waals surface area contributed by atoms with Crippen molar-refractivity contribution in [1.82, 2.24) is 4.98 Å². The van der Waals surface area contributed by atoms with Gasteiger partial charge in [-0.2, -0.15) is 0 Å². The van der Waals surface area contributed by atoms with Gasteiger partial charge in [-0.3, -0.25) is 4.79 Å². The van der Waals surface area contributed by atoms with Crippen LogP contribution in [-0.4, -0.2) is 10.9 Å². The van der Waals surface area contributed by atoms with Crippen molar-refractivity contribution in [3.8, 4) is 10.6 Å². The number of aromatic nitrogens is 1. The van der Waals surface area contributed by atoms with Crippen LogP contribution in [0, 0.1) is 5.92 Å². The average Bonchev–Trinajstić information content (AvgIpc) is 3.34. The highest BCUT2D eigenvalue weighted by molar-refractivity contribution is 7.22. The number of hydrogen-bond acceptors (Lipinski definition) is 4. The average molecular weight is 447 g/mol. The lowest BCUT2D eigenvalue weighted by atomic mass is 9.88. The lowest BCUT2D eigenvalue weighted by Gasteiger charge is -2.18. The van der Waals surface area contributed by atoms with E-state index in [2.05, 4.69) is 61.6 Å². The van der Waals surface area contributed by atoms with Crippen molar-refractivity contribution in [2.75, 3.05) is 5.32 Å². The number of nitrogens with one attached hydrogen (secondary N) is 1. The van der Waals surface area contributed by atoms with E-state index in [1.54, 1.807) is 22.7 Å². The monoisotopic (exact) mass is 446 g/mol. The van der Waals surface area contributed by atoms with Crippen LogP contribution in [0.3, 0.4) is 0 Å². The highest BCUT2D eigenvalue weighted by Gasteiger charge is 2.27. The van der Waals surface area contributed by atoms with E-state index in [0.29, 0.717) is 12.3 Å². The number of carbonyl (C=O) groups is 1. The lowest BCUT2D eigenvalue weighted by Crippen LogP contribution is -2.14. The number of amides is 1. The molecular weight excluding hydrogens is 420 g/mol. The van der Waals surface area contributed by atoms with Crippen molar-refractivity contribution in [3.63, 3.8) is 0 Å². The van der Waals surface area contributed by atoms with Crippen molar-refractivity contribution in [1.29, 1.82) is 0 Å². The molecule has 4 aromatic rings. The summed E-state index contributed by atoms with van der Waals surface area (Å²) in [5.41, 5.74) is 5.92. The molecule has 0 spiro atoms. The third kappa shape index (κ3) is 4.17. The Morgan fingerprint density at radius 1 is 1.10 bits per heavy atom. The van der Waals surface area contributed by atoms with E-state index in [9.17, 15) is 4.79 Å². The second-order valence-electron chi connectivity index (χ2n) is 8.44. The van der Waals surface area contributed by atoms with Crippen LogP contribution in [0.15, 0.2) is 48.5 Å². The van der Waals surface area contributed by atoms with Gasteiger partial charge in [-0.05, 0) is 60.4 Å². The summed E-state index contributed by atoms with van der Waals surface area (Å²) < 4.78 is 1.19. The fourth-order valence-electron chi connectivity index (χ4n) is 4.29. The molecule has 1 aliphatic carbocycles. The number of rotatable bonds is 5. The van der Waals surface area contributed by atoms with Crippen LogP contribution in [0.1, 0.15) is 41.8 Å². The van der Waals surface area contributed by atoms with Gasteiger partial charge in [0.25, 0.3) is 0 Å². The first-order valence-electron chi connectivity index (χ1n) is 11.0. The molecule has 0 saturated heterocycles. The summed E-state index contributed by atoms with van der Waals surface area (Å²) in [6.45, 7) is 4.46. The number of fused-ring (bicyclic) bond motifs is 2. The zero-order valence-electron chi connectivity index (χ0n) is 17.9. The second-order valence-corrected chi connectivity index (χ2v) is 10.6. The molecule has 31 heavy (non-hydrogen) atoms. The number of thiophene rings is 1. The fourth-order valence-corrected chi connectivity index (χ4v) is 6.83. The van der Waals surface area contributed by atoms with Crippen molar-refractivity contribution in [2.45, 2.75) is 46.0 Å². The Morgan fingerprint density at radius 2 is 1.87 bits per heavy atom. The van der Waals surface area contributed by atoms with Crippen LogP contribution in [-0.2, 0) is 30.5 Å². The van der Waals surface area contributed by atoms with Gasteiger partial charge in [-0.1, -0.05) is 50.2 Å². The maximum atomic E-state index is 12.9. The molecule has 1 aliphatic rings. The van der Waals surface area contributed by atoms with Gasteiger partial charge in [0.2, 0.25) is 5.91 Å². The molecule has 3 nitrogen and oxygen atoms in total. The fraction of sp³-hybridized carbons (Fsp3) is 0.308. The maximum Gasteiger partial charge on any atom is 0.229 e. The molecule has 158 valence electrons. The van der Waals surface area contributed by atoms with Crippen LogP contribution < -0.4 is 5.32 Å². The summed E-state index contributed by atoms with van der Waals surface area (Å²) >= 11 is 3.47. The molecule has 2 aromatic carbocycles. The Kier molecular flexibility index (Phi) is 5.63. The molecule has 0 radical (unpaired) electrons. The van der Waals surface area contributed by atoms with Gasteiger partial charge in [0.15, 0.2) is 0 Å². The Morgan fingerprint density at radius 3 is 2.65 bits per heavy atom. The number of benzene rings is 2. The second kappa shape index (κ2) is 8.56. The third-order valence-corrected chi connectivity index (χ3v) is 8.29. The summed E-state index contributed by atoms with van der Waals surface area (Å²) in [5.74, 6) is 0.730. The third-order valence-electron chi connectivity index (χ3n) is 6.07. The zero-order valence-corrected chi connectivity index (χ0v) is 19.5. The molecule has 0 fully saturated rings. The van der Waals surface area contributed by atoms with Crippen molar-refractivity contribution < 1.29 is 4.79 Å². The van der Waals surface area contributed by atoms with E-state index in [4.69, 9.17) is 4.98 Å². The normalized spacial score (nSPS) is 15.7. The molecule has 2 aromatic heterocycles. The Labute approximate surface area is 191 Å². The maximum absolute atomic E-state index is 12.9. The zero-order chi connectivity index (χ0) is 21.4. The summed E-state index contributed by atoms with van der Waals surface area (Å²) in [7, 11) is 0. The molecule has 0 unspecified atom stereocenters. The molecule has 1 atom stereocenters. The molecule has 0 aliphatic heterocycles. The van der Waals surface area contributed by atoms with E-state index >= 15 is 0 Å². The SMILES string of the molecule is CCc1ccc(CC(=O)Nc2sc3c(c2-c2nc4ccccc4s2)CC[C@@H](C)C3)cc1. The van der Waals surface area contributed by atoms with Gasteiger partial charge >= 0.3 is 0 Å². The van der Waals surface area contributed by atoms with Crippen LogP contribution in [0.2, 0.25) is 0 Å². The first-order valence-corrected chi connectivity index (χ1v) is 12.6. The molecule has 1 amide bonds. The predicted molar refractivity (Wildman–Crippen MR) is 132 cm³/mol. The summed E-state index contributed by atoms with van der Waals surface area (Å²) in [4.78, 5) is 19.3. The van der Waals surface area contributed by atoms with E-state index in [1.165, 1.54) is 27.1 Å². The van der Waals surface area contributed by atoms with Gasteiger partial charge < -0.3 is 5.32 Å². The lowest BCUT2D eigenvalue weighted by molar-refractivity contribution is -0.115. The molecule has 0 bridgehead atoms. The smallest absolute Gasteiger partial charge is 0.229 e. The van der Waals surface area contributed by atoms with Gasteiger partial charge in [-0.25, -0.2) is 4.98 Å². The molecule has 0 saturated carbocycles. The number of thiazole rings is 1. The predicted octanol–water partition coefficient (Wildman–Crippen LogP) is 6.89. The minimum absolute atomic E-state index is 0.0401. The van der Waals surface area contributed by atoms with E-state index in [0.717, 1.165) is 45.9 Å². The van der Waals surface area contributed by atoms with Crippen LogP contribution in [0.4, 0.5) is 5.00 Å². The first kappa shape index (κ1) is 20.4. The van der Waals surface area contributed by atoms with Crippen molar-refractivity contribution >= 4 is 43.8 Å². The largest absolute Gasteiger partial charge is 0.317 e. The van der Waals surface area contributed by atoms with Crippen molar-refractivity contribution in [2.24, 2.45) is 5.92 Å². The quantitative estimate of drug-likeness (QED) is 0.362. The van der Waals surface area contributed by atoms with Crippen LogP contribution >= 0.6 is 22.7 Å². The van der Waals surface area contributed by atoms with Crippen molar-refractivity contribution in [3.05, 3.63) is 70.1 Å². The number of nitrogens with zero attached hydrogens (tertiary/aromatic N) is 1. The number of aryl methyl sites for hydroxylation is 1. The molecular formula is C26H26N2OS2. The van der Waals surface area contributed by atoms with Gasteiger partial charge in [-0.15, -0.1) is 22.7 Å². The minimum Gasteiger partial charge on any atom is -0.317 e. The van der Waals surface area contributed by atoms with Crippen LogP contribution in [0.5, 0.6) is 0 Å². The molecule has 1 N–H and O–H groups in total. The van der Waals surface area contributed by atoms with E-state index in [1.807, 2.05) is 6.07 Å². The highest BCUT2D eigenvalue weighted by Crippen LogP contribution is 2.47. The Hall–Kier alpha value is -2.50. The molecule has 5 rings (SSSR count). The standard InChI is InChI=1S/C26H26N2OS2/c1-3-17-9-11-18(12-10-17)15-23(29)28-26-24(19-13-8-16(2)14-22(19)31-26)25-27-20-6-4-5-7-21(20)30-25/h4-7,9-12,16H,3,8,13-15H2,1-2H3,(H,28,29)/t16-/m1/s1. The summed E-state index contributed by atoms with van der Waals surface area (Å²) in [5, 5.41) is 5.24. The minimum atomic E-state index is 0.0401. The topological polar surface area (TPSA) is 42.0 Å². The highest BCUT2D eigenvalue weighted by atomic mass is 32.1. The van der Waals surface area contributed by atoms with Crippen LogP contribution in [0.25, 0.3) is 20.8 Å². The Bertz CT molecular complexity index is 1200. The number of para-hydroxylation sites is 1. The van der Waals surface area contributed by atoms with E-state index < -0.39 is 0 Å². The Balaban J connectivity index is 1.48. The van der Waals surface area contributed by atoms with Gasteiger partial charge in [0.1, 0.15) is 10.0 Å². The summed E-state index contributed by atoms with van der Waals surface area (Å²) in [6, 6.07) is 16.6. The number of hydrogen-bond donors (Lipinski definition) is 1.